The molecule has 1 saturated carbocycles. The Balaban J connectivity index is 0.00000264. The molecule has 0 atom stereocenters. The van der Waals surface area contributed by atoms with Gasteiger partial charge >= 0.3 is 0 Å². The molecule has 1 aliphatic rings. The van der Waals surface area contributed by atoms with E-state index < -0.39 is 25.4 Å². The van der Waals surface area contributed by atoms with Crippen molar-refractivity contribution in [2.75, 3.05) is 12.8 Å². The molecule has 0 amide bonds. The van der Waals surface area contributed by atoms with Gasteiger partial charge in [0.05, 0.1) is 9.79 Å². The summed E-state index contributed by atoms with van der Waals surface area (Å²) in [7, 11) is -7.02. The van der Waals surface area contributed by atoms with Gasteiger partial charge in [0.15, 0.2) is 9.84 Å². The summed E-state index contributed by atoms with van der Waals surface area (Å²) >= 11 is 0. The normalized spacial score (nSPS) is 18.2. The largest absolute Gasteiger partial charge is 0.324 e. The van der Waals surface area contributed by atoms with Gasteiger partial charge < -0.3 is 5.73 Å². The van der Waals surface area contributed by atoms with Crippen LogP contribution in [-0.2, 0) is 19.9 Å². The maximum absolute atomic E-state index is 12.3. The number of halogens is 1. The number of nitrogens with one attached hydrogen (secondary N) is 1. The summed E-state index contributed by atoms with van der Waals surface area (Å²) in [6.45, 7) is 0.198. The van der Waals surface area contributed by atoms with E-state index in [9.17, 15) is 16.8 Å². The lowest BCUT2D eigenvalue weighted by Crippen LogP contribution is -2.51. The summed E-state index contributed by atoms with van der Waals surface area (Å²) < 4.78 is 49.8. The van der Waals surface area contributed by atoms with Gasteiger partial charge in [-0.2, -0.15) is 0 Å². The lowest BCUT2D eigenvalue weighted by atomic mass is 9.83. The number of hydrogen-bond acceptors (Lipinski definition) is 5. The van der Waals surface area contributed by atoms with Gasteiger partial charge in [0.25, 0.3) is 0 Å². The van der Waals surface area contributed by atoms with Crippen molar-refractivity contribution in [2.45, 2.75) is 47.4 Å². The van der Waals surface area contributed by atoms with E-state index in [0.29, 0.717) is 0 Å². The lowest BCUT2D eigenvalue weighted by Gasteiger charge is -2.33. The molecule has 23 heavy (non-hydrogen) atoms. The van der Waals surface area contributed by atoms with Gasteiger partial charge in [0.2, 0.25) is 10.0 Å². The van der Waals surface area contributed by atoms with Crippen LogP contribution in [0.25, 0.3) is 0 Å². The maximum Gasteiger partial charge on any atom is 0.240 e. The van der Waals surface area contributed by atoms with Crippen LogP contribution in [0.1, 0.15) is 32.1 Å². The third-order valence-corrected chi connectivity index (χ3v) is 6.57. The van der Waals surface area contributed by atoms with E-state index in [0.717, 1.165) is 38.4 Å². The first-order chi connectivity index (χ1) is 10.1. The number of sulfonamides is 1. The van der Waals surface area contributed by atoms with Gasteiger partial charge in [-0.05, 0) is 37.1 Å². The van der Waals surface area contributed by atoms with Gasteiger partial charge in [-0.1, -0.05) is 19.3 Å². The predicted molar refractivity (Wildman–Crippen MR) is 92.0 cm³/mol. The molecular formula is C14H23ClN2O4S2. The van der Waals surface area contributed by atoms with Crippen molar-refractivity contribution in [1.82, 2.24) is 4.72 Å². The minimum absolute atomic E-state index is 0. The Morgan fingerprint density at radius 1 is 1.00 bits per heavy atom. The van der Waals surface area contributed by atoms with Crippen LogP contribution in [-0.4, -0.2) is 35.2 Å². The molecule has 3 N–H and O–H groups in total. The van der Waals surface area contributed by atoms with Crippen molar-refractivity contribution < 1.29 is 16.8 Å². The zero-order valence-corrected chi connectivity index (χ0v) is 15.4. The van der Waals surface area contributed by atoms with Gasteiger partial charge in [0.1, 0.15) is 0 Å². The maximum atomic E-state index is 12.3. The minimum atomic E-state index is -3.68. The molecule has 2 rings (SSSR count). The number of nitrogens with two attached hydrogens (primary N) is 1. The third kappa shape index (κ3) is 5.42. The SMILES string of the molecule is CS(=O)(=O)c1ccc(S(=O)(=O)NCC2(N)CCCCC2)cc1.Cl. The molecule has 1 aromatic carbocycles. The van der Waals surface area contributed by atoms with E-state index in [4.69, 9.17) is 5.73 Å². The van der Waals surface area contributed by atoms with Crippen LogP contribution in [0.4, 0.5) is 0 Å². The third-order valence-electron chi connectivity index (χ3n) is 4.03. The second-order valence-corrected chi connectivity index (χ2v) is 9.77. The van der Waals surface area contributed by atoms with E-state index in [-0.39, 0.29) is 28.7 Å². The first kappa shape index (κ1) is 20.4. The quantitative estimate of drug-likeness (QED) is 0.801. The lowest BCUT2D eigenvalue weighted by molar-refractivity contribution is 0.296. The topological polar surface area (TPSA) is 106 Å². The molecule has 0 radical (unpaired) electrons. The predicted octanol–water partition coefficient (Wildman–Crippen LogP) is 1.45. The van der Waals surface area contributed by atoms with E-state index in [1.807, 2.05) is 0 Å². The Bertz CT molecular complexity index is 725. The zero-order chi connectivity index (χ0) is 16.4. The van der Waals surface area contributed by atoms with E-state index in [1.54, 1.807) is 0 Å². The van der Waals surface area contributed by atoms with Crippen molar-refractivity contribution in [2.24, 2.45) is 5.73 Å². The average molecular weight is 383 g/mol. The highest BCUT2D eigenvalue weighted by Crippen LogP contribution is 2.25. The van der Waals surface area contributed by atoms with E-state index >= 15 is 0 Å². The molecule has 6 nitrogen and oxygen atoms in total. The molecule has 1 fully saturated rings. The summed E-state index contributed by atoms with van der Waals surface area (Å²) in [5.74, 6) is 0. The molecule has 0 unspecified atom stereocenters. The molecular weight excluding hydrogens is 360 g/mol. The fourth-order valence-corrected chi connectivity index (χ4v) is 4.39. The highest BCUT2D eigenvalue weighted by molar-refractivity contribution is 7.90. The summed E-state index contributed by atoms with van der Waals surface area (Å²) in [5, 5.41) is 0. The molecule has 0 saturated heterocycles. The second kappa shape index (κ2) is 7.48. The molecule has 132 valence electrons. The Morgan fingerprint density at radius 3 is 1.96 bits per heavy atom. The Kier molecular flexibility index (Phi) is 6.63. The minimum Gasteiger partial charge on any atom is -0.324 e. The average Bonchev–Trinajstić information content (AvgIpc) is 2.46. The monoisotopic (exact) mass is 382 g/mol. The van der Waals surface area contributed by atoms with Gasteiger partial charge in [-0.15, -0.1) is 12.4 Å². The highest BCUT2D eigenvalue weighted by Gasteiger charge is 2.29. The molecule has 0 spiro atoms. The van der Waals surface area contributed by atoms with Gasteiger partial charge in [-0.25, -0.2) is 21.6 Å². The van der Waals surface area contributed by atoms with E-state index in [1.165, 1.54) is 24.3 Å². The number of rotatable bonds is 5. The second-order valence-electron chi connectivity index (χ2n) is 5.99. The smallest absolute Gasteiger partial charge is 0.240 e. The summed E-state index contributed by atoms with van der Waals surface area (Å²) in [6, 6.07) is 5.18. The fourth-order valence-electron chi connectivity index (χ4n) is 2.62. The van der Waals surface area contributed by atoms with Gasteiger partial charge in [-0.3, -0.25) is 0 Å². The van der Waals surface area contributed by atoms with Crippen LogP contribution in [0.2, 0.25) is 0 Å². The Hall–Kier alpha value is -0.670. The molecule has 9 heteroatoms. The molecule has 0 bridgehead atoms. The van der Waals surface area contributed by atoms with E-state index in [2.05, 4.69) is 4.72 Å². The zero-order valence-electron chi connectivity index (χ0n) is 13.0. The summed E-state index contributed by atoms with van der Waals surface area (Å²) in [6.07, 6.45) is 5.86. The van der Waals surface area contributed by atoms with Crippen LogP contribution in [0, 0.1) is 0 Å². The molecule has 0 aliphatic heterocycles. The van der Waals surface area contributed by atoms with Crippen LogP contribution in [0.5, 0.6) is 0 Å². The first-order valence-electron chi connectivity index (χ1n) is 7.21. The van der Waals surface area contributed by atoms with Crippen molar-refractivity contribution in [3.8, 4) is 0 Å². The first-order valence-corrected chi connectivity index (χ1v) is 10.6. The number of benzene rings is 1. The molecule has 1 aromatic rings. The molecule has 1 aliphatic carbocycles. The van der Waals surface area contributed by atoms with Crippen molar-refractivity contribution in [3.05, 3.63) is 24.3 Å². The molecule has 0 heterocycles. The van der Waals surface area contributed by atoms with Crippen molar-refractivity contribution in [1.29, 1.82) is 0 Å². The highest BCUT2D eigenvalue weighted by atomic mass is 35.5. The van der Waals surface area contributed by atoms with Crippen molar-refractivity contribution in [3.63, 3.8) is 0 Å². The van der Waals surface area contributed by atoms with Gasteiger partial charge in [0, 0.05) is 18.3 Å². The number of hydrogen-bond donors (Lipinski definition) is 2. The fraction of sp³-hybridized carbons (Fsp3) is 0.571. The van der Waals surface area contributed by atoms with Crippen LogP contribution in [0.15, 0.2) is 34.1 Å². The van der Waals surface area contributed by atoms with Crippen LogP contribution in [0.3, 0.4) is 0 Å². The Labute approximate surface area is 144 Å². The standard InChI is InChI=1S/C14H22N2O4S2.ClH/c1-21(17,18)12-5-7-13(8-6-12)22(19,20)16-11-14(15)9-3-2-4-10-14;/h5-8,16H,2-4,9-11,15H2,1H3;1H. The van der Waals surface area contributed by atoms with Crippen LogP contribution >= 0.6 is 12.4 Å². The Morgan fingerprint density at radius 2 is 1.48 bits per heavy atom. The summed E-state index contributed by atoms with van der Waals surface area (Å²) in [5.41, 5.74) is 5.73. The molecule has 0 aromatic heterocycles. The number of sulfone groups is 1. The summed E-state index contributed by atoms with van der Waals surface area (Å²) in [4.78, 5) is 0.133. The van der Waals surface area contributed by atoms with Crippen LogP contribution < -0.4 is 10.5 Å². The van der Waals surface area contributed by atoms with Crippen molar-refractivity contribution >= 4 is 32.3 Å².